The van der Waals surface area contributed by atoms with E-state index in [4.69, 9.17) is 24.4 Å². The number of nitrogen functional groups attached to an aromatic ring is 1. The molecule has 0 aliphatic rings. The zero-order valence-electron chi connectivity index (χ0n) is 15.6. The van der Waals surface area contributed by atoms with Crippen LogP contribution in [0.2, 0.25) is 0 Å². The van der Waals surface area contributed by atoms with Crippen LogP contribution < -0.4 is 25.4 Å². The van der Waals surface area contributed by atoms with Crippen LogP contribution in [0.3, 0.4) is 0 Å². The number of benzene rings is 2. The van der Waals surface area contributed by atoms with E-state index < -0.39 is 0 Å². The molecule has 0 spiro atoms. The molecule has 7 heteroatoms. The minimum absolute atomic E-state index is 0.211. The molecular formula is C21H18N2O5. The lowest BCUT2D eigenvalue weighted by atomic mass is 10.0. The van der Waals surface area contributed by atoms with Gasteiger partial charge in [-0.05, 0) is 30.3 Å². The third-order valence-corrected chi connectivity index (χ3v) is 4.59. The Morgan fingerprint density at radius 1 is 0.893 bits per heavy atom. The highest BCUT2D eigenvalue weighted by molar-refractivity contribution is 6.13. The number of anilines is 1. The van der Waals surface area contributed by atoms with Crippen molar-refractivity contribution in [3.63, 3.8) is 0 Å². The quantitative estimate of drug-likeness (QED) is 0.542. The van der Waals surface area contributed by atoms with Gasteiger partial charge >= 0.3 is 0 Å². The van der Waals surface area contributed by atoms with Gasteiger partial charge in [-0.15, -0.1) is 0 Å². The van der Waals surface area contributed by atoms with Crippen LogP contribution in [0.25, 0.3) is 33.1 Å². The van der Waals surface area contributed by atoms with E-state index in [1.165, 1.54) is 13.2 Å². The van der Waals surface area contributed by atoms with Crippen LogP contribution >= 0.6 is 0 Å². The Morgan fingerprint density at radius 2 is 1.57 bits per heavy atom. The summed E-state index contributed by atoms with van der Waals surface area (Å²) in [6.45, 7) is 0. The summed E-state index contributed by atoms with van der Waals surface area (Å²) >= 11 is 0. The molecule has 0 fully saturated rings. The largest absolute Gasteiger partial charge is 0.496 e. The number of methoxy groups -OCH3 is 3. The molecule has 7 nitrogen and oxygen atoms in total. The average Bonchev–Trinajstić information content (AvgIpc) is 2.72. The fraction of sp³-hybridized carbons (Fsp3) is 0.143. The Hall–Kier alpha value is -3.74. The molecule has 2 N–H and O–H groups in total. The van der Waals surface area contributed by atoms with E-state index in [1.807, 2.05) is 0 Å². The van der Waals surface area contributed by atoms with Gasteiger partial charge in [-0.2, -0.15) is 0 Å². The molecule has 4 aromatic rings. The second kappa shape index (κ2) is 6.77. The van der Waals surface area contributed by atoms with Gasteiger partial charge in [-0.25, -0.2) is 4.98 Å². The Balaban J connectivity index is 2.19. The first-order valence-electron chi connectivity index (χ1n) is 8.48. The maximum Gasteiger partial charge on any atom is 0.193 e. The summed E-state index contributed by atoms with van der Waals surface area (Å²) in [5, 5.41) is 1.63. The normalized spacial score (nSPS) is 11.0. The van der Waals surface area contributed by atoms with Crippen molar-refractivity contribution < 1.29 is 18.6 Å². The van der Waals surface area contributed by atoms with Gasteiger partial charge < -0.3 is 24.4 Å². The fourth-order valence-electron chi connectivity index (χ4n) is 3.31. The number of hydrogen-bond donors (Lipinski definition) is 1. The average molecular weight is 378 g/mol. The molecule has 2 aromatic heterocycles. The van der Waals surface area contributed by atoms with Gasteiger partial charge in [0.25, 0.3) is 0 Å². The van der Waals surface area contributed by atoms with E-state index in [0.717, 1.165) is 0 Å². The Morgan fingerprint density at radius 3 is 2.21 bits per heavy atom. The van der Waals surface area contributed by atoms with Crippen molar-refractivity contribution in [2.75, 3.05) is 27.1 Å². The first kappa shape index (κ1) is 17.7. The number of hydrogen-bond acceptors (Lipinski definition) is 7. The maximum atomic E-state index is 12.9. The number of pyridine rings is 1. The molecule has 2 aromatic carbocycles. The summed E-state index contributed by atoms with van der Waals surface area (Å²) in [5.74, 6) is 2.32. The Labute approximate surface area is 160 Å². The second-order valence-electron chi connectivity index (χ2n) is 6.12. The number of fused-ring (bicyclic) bond motifs is 3. The predicted octanol–water partition coefficient (Wildman–Crippen LogP) is 3.62. The zero-order chi connectivity index (χ0) is 19.8. The van der Waals surface area contributed by atoms with Crippen molar-refractivity contribution in [2.24, 2.45) is 0 Å². The molecule has 2 heterocycles. The van der Waals surface area contributed by atoms with Gasteiger partial charge in [-0.1, -0.05) is 0 Å². The molecule has 0 aliphatic heterocycles. The van der Waals surface area contributed by atoms with Crippen LogP contribution in [0.5, 0.6) is 17.2 Å². The number of nitrogens with zero attached hydrogens (tertiary/aromatic N) is 1. The fourth-order valence-corrected chi connectivity index (χ4v) is 3.31. The maximum absolute atomic E-state index is 12.9. The van der Waals surface area contributed by atoms with Crippen molar-refractivity contribution in [1.82, 2.24) is 4.98 Å². The molecule has 0 saturated heterocycles. The summed E-state index contributed by atoms with van der Waals surface area (Å²) in [4.78, 5) is 16.9. The molecule has 0 saturated carbocycles. The molecule has 4 rings (SSSR count). The third kappa shape index (κ3) is 2.68. The van der Waals surface area contributed by atoms with E-state index in [1.54, 1.807) is 50.7 Å². The van der Waals surface area contributed by atoms with Gasteiger partial charge in [0.2, 0.25) is 0 Å². The van der Waals surface area contributed by atoms with Crippen molar-refractivity contribution >= 4 is 27.6 Å². The van der Waals surface area contributed by atoms with Crippen molar-refractivity contribution in [3.05, 3.63) is 52.8 Å². The SMILES string of the molecule is COc1ccc(OC)c2c1c(OC)cc1c(=O)cc(-c3ccnc(N)c3)oc12. The summed E-state index contributed by atoms with van der Waals surface area (Å²) in [7, 11) is 4.66. The minimum Gasteiger partial charge on any atom is -0.496 e. The van der Waals surface area contributed by atoms with E-state index in [2.05, 4.69) is 4.98 Å². The smallest absolute Gasteiger partial charge is 0.193 e. The van der Waals surface area contributed by atoms with E-state index >= 15 is 0 Å². The summed E-state index contributed by atoms with van der Waals surface area (Å²) in [6.07, 6.45) is 1.56. The lowest BCUT2D eigenvalue weighted by Crippen LogP contribution is -2.03. The molecule has 0 aliphatic carbocycles. The van der Waals surface area contributed by atoms with Crippen LogP contribution in [0.1, 0.15) is 0 Å². The number of ether oxygens (including phenoxy) is 3. The predicted molar refractivity (Wildman–Crippen MR) is 107 cm³/mol. The molecular weight excluding hydrogens is 360 g/mol. The van der Waals surface area contributed by atoms with Crippen LogP contribution in [-0.4, -0.2) is 26.3 Å². The standard InChI is InChI=1S/C21H18N2O5/c1-25-14-4-5-15(26-2)20-19(14)17(27-3)9-12-13(24)10-16(28-21(12)20)11-6-7-23-18(22)8-11/h4-10H,1-3H3,(H2,22,23). The molecule has 0 bridgehead atoms. The van der Waals surface area contributed by atoms with Crippen molar-refractivity contribution in [1.29, 1.82) is 0 Å². The van der Waals surface area contributed by atoms with E-state index in [0.29, 0.717) is 56.1 Å². The lowest BCUT2D eigenvalue weighted by Gasteiger charge is -2.15. The molecule has 0 unspecified atom stereocenters. The van der Waals surface area contributed by atoms with Crippen LogP contribution in [-0.2, 0) is 0 Å². The minimum atomic E-state index is -0.211. The highest BCUT2D eigenvalue weighted by atomic mass is 16.5. The van der Waals surface area contributed by atoms with Gasteiger partial charge in [0.15, 0.2) is 11.0 Å². The molecule has 0 atom stereocenters. The van der Waals surface area contributed by atoms with Crippen molar-refractivity contribution in [2.45, 2.75) is 0 Å². The van der Waals surface area contributed by atoms with Crippen LogP contribution in [0, 0.1) is 0 Å². The second-order valence-corrected chi connectivity index (χ2v) is 6.12. The van der Waals surface area contributed by atoms with Crippen LogP contribution in [0.4, 0.5) is 5.82 Å². The molecule has 0 radical (unpaired) electrons. The Bertz CT molecular complexity index is 1260. The number of aromatic nitrogens is 1. The molecule has 28 heavy (non-hydrogen) atoms. The lowest BCUT2D eigenvalue weighted by molar-refractivity contribution is 0.400. The highest BCUT2D eigenvalue weighted by Gasteiger charge is 2.20. The van der Waals surface area contributed by atoms with Crippen LogP contribution in [0.15, 0.2) is 51.8 Å². The molecule has 142 valence electrons. The topological polar surface area (TPSA) is 96.8 Å². The van der Waals surface area contributed by atoms with Gasteiger partial charge in [0.05, 0.1) is 37.5 Å². The number of nitrogens with two attached hydrogens (primary N) is 1. The first-order chi connectivity index (χ1) is 13.6. The summed E-state index contributed by atoms with van der Waals surface area (Å²) < 4.78 is 22.7. The van der Waals surface area contributed by atoms with Gasteiger partial charge in [0.1, 0.15) is 28.8 Å². The third-order valence-electron chi connectivity index (χ3n) is 4.59. The molecule has 0 amide bonds. The van der Waals surface area contributed by atoms with E-state index in [-0.39, 0.29) is 5.43 Å². The summed E-state index contributed by atoms with van der Waals surface area (Å²) in [6, 6.07) is 9.99. The first-order valence-corrected chi connectivity index (χ1v) is 8.48. The van der Waals surface area contributed by atoms with Crippen molar-refractivity contribution in [3.8, 4) is 28.6 Å². The monoisotopic (exact) mass is 378 g/mol. The Kier molecular flexibility index (Phi) is 4.27. The zero-order valence-corrected chi connectivity index (χ0v) is 15.6. The summed E-state index contributed by atoms with van der Waals surface area (Å²) in [5.41, 5.74) is 6.59. The highest BCUT2D eigenvalue weighted by Crippen LogP contribution is 2.43. The van der Waals surface area contributed by atoms with Gasteiger partial charge in [0, 0.05) is 17.8 Å². The number of rotatable bonds is 4. The van der Waals surface area contributed by atoms with E-state index in [9.17, 15) is 4.79 Å². The van der Waals surface area contributed by atoms with Gasteiger partial charge in [-0.3, -0.25) is 4.79 Å².